The Balaban J connectivity index is 1.09. The SMILES string of the molecule is c1ccc2c(-c3ccc(-c4c5ccccc5c(-c5ccc(-c6ccc7ccc8cccnc8c7n6)cc5)c5ccccc45)cc3)cccc2c1. The Kier molecular flexibility index (Phi) is 6.53. The number of fused-ring (bicyclic) bond motifs is 6. The lowest BCUT2D eigenvalue weighted by molar-refractivity contribution is 1.37. The van der Waals surface area contributed by atoms with Gasteiger partial charge in [0.1, 0.15) is 0 Å². The molecule has 50 heavy (non-hydrogen) atoms. The molecule has 2 nitrogen and oxygen atoms in total. The van der Waals surface area contributed by atoms with Gasteiger partial charge in [-0.25, -0.2) is 4.98 Å². The molecule has 0 aliphatic heterocycles. The van der Waals surface area contributed by atoms with Crippen LogP contribution in [-0.4, -0.2) is 9.97 Å². The van der Waals surface area contributed by atoms with Crippen molar-refractivity contribution in [3.8, 4) is 44.6 Å². The molecule has 0 atom stereocenters. The number of rotatable bonds is 4. The highest BCUT2D eigenvalue weighted by Crippen LogP contribution is 2.44. The van der Waals surface area contributed by atoms with E-state index in [0.717, 1.165) is 33.1 Å². The van der Waals surface area contributed by atoms with E-state index >= 15 is 0 Å². The van der Waals surface area contributed by atoms with Gasteiger partial charge in [-0.05, 0) is 77.8 Å². The fraction of sp³-hybridized carbons (Fsp3) is 0. The highest BCUT2D eigenvalue weighted by Gasteiger charge is 2.17. The first-order valence-electron chi connectivity index (χ1n) is 17.1. The minimum atomic E-state index is 0.933. The molecule has 0 spiro atoms. The van der Waals surface area contributed by atoms with Crippen molar-refractivity contribution in [3.05, 3.63) is 182 Å². The molecular formula is C48H30N2. The van der Waals surface area contributed by atoms with Gasteiger partial charge < -0.3 is 0 Å². The third kappa shape index (κ3) is 4.57. The van der Waals surface area contributed by atoms with Gasteiger partial charge >= 0.3 is 0 Å². The summed E-state index contributed by atoms with van der Waals surface area (Å²) >= 11 is 0. The minimum Gasteiger partial charge on any atom is -0.254 e. The molecule has 0 amide bonds. The molecule has 0 aliphatic rings. The molecule has 0 unspecified atom stereocenters. The standard InChI is InChI=1S/C48H30N2/c1-2-12-38-31(9-1)10-7-17-39(38)32-18-22-34(23-19-32)45-40-13-3-5-15-42(40)46(43-16-6-4-14-41(43)45)35-24-20-33(21-25-35)44-29-28-37-27-26-36-11-8-30-49-47(36)48(37)50-44/h1-30H. The summed E-state index contributed by atoms with van der Waals surface area (Å²) in [5.74, 6) is 0. The Bertz CT molecular complexity index is 2840. The number of nitrogens with zero attached hydrogens (tertiary/aromatic N) is 2. The van der Waals surface area contributed by atoms with E-state index in [1.165, 1.54) is 65.7 Å². The topological polar surface area (TPSA) is 25.8 Å². The maximum atomic E-state index is 5.10. The van der Waals surface area contributed by atoms with Gasteiger partial charge in [-0.2, -0.15) is 0 Å². The number of aromatic nitrogens is 2. The lowest BCUT2D eigenvalue weighted by atomic mass is 9.85. The quantitative estimate of drug-likeness (QED) is 0.142. The molecule has 0 fully saturated rings. The summed E-state index contributed by atoms with van der Waals surface area (Å²) in [5.41, 5.74) is 11.3. The third-order valence-corrected chi connectivity index (χ3v) is 10.1. The van der Waals surface area contributed by atoms with Crippen molar-refractivity contribution in [2.24, 2.45) is 0 Å². The Morgan fingerprint density at radius 3 is 1.42 bits per heavy atom. The van der Waals surface area contributed by atoms with Crippen molar-refractivity contribution < 1.29 is 0 Å². The first kappa shape index (κ1) is 28.4. The average molecular weight is 635 g/mol. The number of benzene rings is 8. The second-order valence-corrected chi connectivity index (χ2v) is 12.9. The van der Waals surface area contributed by atoms with Crippen molar-refractivity contribution in [1.82, 2.24) is 9.97 Å². The molecule has 0 saturated carbocycles. The van der Waals surface area contributed by atoms with E-state index in [0.29, 0.717) is 0 Å². The molecule has 10 aromatic rings. The van der Waals surface area contributed by atoms with Gasteiger partial charge in [-0.15, -0.1) is 0 Å². The van der Waals surface area contributed by atoms with E-state index < -0.39 is 0 Å². The molecular weight excluding hydrogens is 605 g/mol. The van der Waals surface area contributed by atoms with E-state index in [4.69, 9.17) is 4.98 Å². The Morgan fingerprint density at radius 2 is 0.780 bits per heavy atom. The van der Waals surface area contributed by atoms with Gasteiger partial charge in [-0.3, -0.25) is 4.98 Å². The van der Waals surface area contributed by atoms with Gasteiger partial charge in [-0.1, -0.05) is 164 Å². The second-order valence-electron chi connectivity index (χ2n) is 12.9. The van der Waals surface area contributed by atoms with Crippen LogP contribution in [0.1, 0.15) is 0 Å². The fourth-order valence-electron chi connectivity index (χ4n) is 7.74. The van der Waals surface area contributed by atoms with Crippen LogP contribution in [0, 0.1) is 0 Å². The first-order valence-corrected chi connectivity index (χ1v) is 17.1. The predicted octanol–water partition coefficient (Wildman–Crippen LogP) is 12.9. The molecule has 0 aliphatic carbocycles. The number of hydrogen-bond donors (Lipinski definition) is 0. The summed E-state index contributed by atoms with van der Waals surface area (Å²) in [6.45, 7) is 0. The van der Waals surface area contributed by atoms with Crippen LogP contribution in [-0.2, 0) is 0 Å². The molecule has 0 saturated heterocycles. The van der Waals surface area contributed by atoms with Gasteiger partial charge in [0.05, 0.1) is 16.7 Å². The van der Waals surface area contributed by atoms with Crippen LogP contribution in [0.4, 0.5) is 0 Å². The zero-order valence-electron chi connectivity index (χ0n) is 27.2. The Hall–Kier alpha value is -6.64. The maximum absolute atomic E-state index is 5.10. The van der Waals surface area contributed by atoms with Crippen molar-refractivity contribution in [1.29, 1.82) is 0 Å². The van der Waals surface area contributed by atoms with E-state index in [1.54, 1.807) is 0 Å². The first-order chi connectivity index (χ1) is 24.8. The molecule has 8 aromatic carbocycles. The highest BCUT2D eigenvalue weighted by molar-refractivity contribution is 6.21. The Labute approximate surface area is 290 Å². The fourth-order valence-corrected chi connectivity index (χ4v) is 7.74. The van der Waals surface area contributed by atoms with Crippen LogP contribution in [0.15, 0.2) is 182 Å². The van der Waals surface area contributed by atoms with E-state index in [-0.39, 0.29) is 0 Å². The number of pyridine rings is 2. The molecule has 10 rings (SSSR count). The van der Waals surface area contributed by atoms with Crippen LogP contribution in [0.2, 0.25) is 0 Å². The number of hydrogen-bond acceptors (Lipinski definition) is 2. The summed E-state index contributed by atoms with van der Waals surface area (Å²) < 4.78 is 0. The van der Waals surface area contributed by atoms with Crippen molar-refractivity contribution in [2.75, 3.05) is 0 Å². The molecule has 232 valence electrons. The largest absolute Gasteiger partial charge is 0.254 e. The van der Waals surface area contributed by atoms with Crippen LogP contribution in [0.5, 0.6) is 0 Å². The summed E-state index contributed by atoms with van der Waals surface area (Å²) in [7, 11) is 0. The van der Waals surface area contributed by atoms with Crippen LogP contribution in [0.25, 0.3) is 98.8 Å². The van der Waals surface area contributed by atoms with Crippen LogP contribution >= 0.6 is 0 Å². The summed E-state index contributed by atoms with van der Waals surface area (Å²) in [6.07, 6.45) is 1.84. The smallest absolute Gasteiger partial charge is 0.0972 e. The molecule has 2 heteroatoms. The average Bonchev–Trinajstić information content (AvgIpc) is 3.19. The van der Waals surface area contributed by atoms with Crippen molar-refractivity contribution in [2.45, 2.75) is 0 Å². The summed E-state index contributed by atoms with van der Waals surface area (Å²) in [5, 5.41) is 9.71. The maximum Gasteiger partial charge on any atom is 0.0972 e. The molecule has 0 bridgehead atoms. The van der Waals surface area contributed by atoms with Crippen LogP contribution in [0.3, 0.4) is 0 Å². The van der Waals surface area contributed by atoms with Gasteiger partial charge in [0.15, 0.2) is 0 Å². The van der Waals surface area contributed by atoms with E-state index in [2.05, 4.69) is 175 Å². The third-order valence-electron chi connectivity index (χ3n) is 10.1. The summed E-state index contributed by atoms with van der Waals surface area (Å²) in [6, 6.07) is 63.4. The monoisotopic (exact) mass is 634 g/mol. The lowest BCUT2D eigenvalue weighted by Gasteiger charge is -2.18. The normalized spacial score (nSPS) is 11.6. The zero-order valence-corrected chi connectivity index (χ0v) is 27.2. The molecule has 2 aromatic heterocycles. The van der Waals surface area contributed by atoms with Gasteiger partial charge in [0.25, 0.3) is 0 Å². The molecule has 0 radical (unpaired) electrons. The Morgan fingerprint density at radius 1 is 0.300 bits per heavy atom. The van der Waals surface area contributed by atoms with E-state index in [1.807, 2.05) is 12.3 Å². The van der Waals surface area contributed by atoms with Gasteiger partial charge in [0, 0.05) is 22.5 Å². The highest BCUT2D eigenvalue weighted by atomic mass is 14.7. The van der Waals surface area contributed by atoms with Crippen molar-refractivity contribution in [3.63, 3.8) is 0 Å². The zero-order chi connectivity index (χ0) is 33.0. The van der Waals surface area contributed by atoms with Crippen LogP contribution < -0.4 is 0 Å². The molecule has 2 heterocycles. The second kappa shape index (κ2) is 11.5. The molecule has 0 N–H and O–H groups in total. The summed E-state index contributed by atoms with van der Waals surface area (Å²) in [4.78, 5) is 9.75. The lowest BCUT2D eigenvalue weighted by Crippen LogP contribution is -1.92. The minimum absolute atomic E-state index is 0.933. The van der Waals surface area contributed by atoms with Crippen molar-refractivity contribution >= 4 is 54.1 Å². The van der Waals surface area contributed by atoms with Gasteiger partial charge in [0.2, 0.25) is 0 Å². The predicted molar refractivity (Wildman–Crippen MR) is 211 cm³/mol. The van der Waals surface area contributed by atoms with E-state index in [9.17, 15) is 0 Å².